The summed E-state index contributed by atoms with van der Waals surface area (Å²) in [6.45, 7) is 0. The van der Waals surface area contributed by atoms with Crippen LogP contribution in [0.2, 0.25) is 0 Å². The van der Waals surface area contributed by atoms with E-state index in [1.54, 1.807) is 42.5 Å². The van der Waals surface area contributed by atoms with E-state index in [2.05, 4.69) is 43.2 Å². The van der Waals surface area contributed by atoms with Gasteiger partial charge in [-0.3, -0.25) is 0 Å². The van der Waals surface area contributed by atoms with Gasteiger partial charge in [-0.2, -0.15) is 23.4 Å². The van der Waals surface area contributed by atoms with E-state index in [0.29, 0.717) is 16.9 Å². The van der Waals surface area contributed by atoms with Gasteiger partial charge in [-0.15, -0.1) is 0 Å². The molecule has 3 rings (SSSR count). The number of anilines is 4. The van der Waals surface area contributed by atoms with E-state index in [0.717, 1.165) is 9.77 Å². The number of benzene rings is 2. The van der Waals surface area contributed by atoms with Crippen LogP contribution < -0.4 is 10.6 Å². The van der Waals surface area contributed by atoms with Gasteiger partial charge in [0, 0.05) is 21.1 Å². The number of alkyl halides is 3. The summed E-state index contributed by atoms with van der Waals surface area (Å²) in [5, 5.41) is 14.3. The van der Waals surface area contributed by atoms with E-state index in [1.165, 1.54) is 0 Å². The van der Waals surface area contributed by atoms with Crippen LogP contribution in [0, 0.1) is 14.9 Å². The van der Waals surface area contributed by atoms with Crippen molar-refractivity contribution in [1.82, 2.24) is 9.97 Å². The minimum absolute atomic E-state index is 0.000774. The normalized spacial score (nSPS) is 10.9. The van der Waals surface area contributed by atoms with E-state index in [-0.39, 0.29) is 11.8 Å². The lowest BCUT2D eigenvalue weighted by atomic mass is 10.2. The van der Waals surface area contributed by atoms with Crippen LogP contribution in [0.15, 0.2) is 54.7 Å². The monoisotopic (exact) mass is 481 g/mol. The van der Waals surface area contributed by atoms with E-state index < -0.39 is 11.7 Å². The van der Waals surface area contributed by atoms with Gasteiger partial charge in [0.1, 0.15) is 11.4 Å². The first-order valence-electron chi connectivity index (χ1n) is 7.59. The number of nitriles is 1. The van der Waals surface area contributed by atoms with Crippen LogP contribution in [0.5, 0.6) is 0 Å². The fourth-order valence-electron chi connectivity index (χ4n) is 2.20. The first-order valence-corrected chi connectivity index (χ1v) is 8.67. The number of hydrogen-bond donors (Lipinski definition) is 2. The maximum Gasteiger partial charge on any atom is 0.421 e. The highest BCUT2D eigenvalue weighted by atomic mass is 127. The third kappa shape index (κ3) is 4.85. The molecule has 0 amide bonds. The second kappa shape index (κ2) is 7.79. The van der Waals surface area contributed by atoms with Crippen LogP contribution in [-0.4, -0.2) is 9.97 Å². The molecule has 0 aliphatic heterocycles. The highest BCUT2D eigenvalue weighted by Gasteiger charge is 2.35. The molecule has 0 aliphatic carbocycles. The molecule has 1 heterocycles. The van der Waals surface area contributed by atoms with Gasteiger partial charge in [0.25, 0.3) is 0 Å². The van der Waals surface area contributed by atoms with Crippen LogP contribution in [-0.2, 0) is 6.18 Å². The molecule has 136 valence electrons. The highest BCUT2D eigenvalue weighted by Crippen LogP contribution is 2.35. The fraction of sp³-hybridized carbons (Fsp3) is 0.0556. The molecule has 0 saturated carbocycles. The Kier molecular flexibility index (Phi) is 5.46. The molecular weight excluding hydrogens is 470 g/mol. The molecule has 0 aliphatic rings. The third-order valence-electron chi connectivity index (χ3n) is 3.45. The Balaban J connectivity index is 1.93. The summed E-state index contributed by atoms with van der Waals surface area (Å²) in [6.07, 6.45) is -3.87. The first-order chi connectivity index (χ1) is 12.8. The van der Waals surface area contributed by atoms with Gasteiger partial charge in [0.2, 0.25) is 5.95 Å². The Morgan fingerprint density at radius 3 is 2.37 bits per heavy atom. The van der Waals surface area contributed by atoms with Gasteiger partial charge < -0.3 is 10.6 Å². The van der Waals surface area contributed by atoms with Gasteiger partial charge in [-0.1, -0.05) is 6.07 Å². The average Bonchev–Trinajstić information content (AvgIpc) is 2.61. The van der Waals surface area contributed by atoms with Crippen molar-refractivity contribution in [3.05, 3.63) is 69.4 Å². The molecular formula is C18H11F3IN5. The molecule has 9 heteroatoms. The Morgan fingerprint density at radius 1 is 1.00 bits per heavy atom. The van der Waals surface area contributed by atoms with Crippen LogP contribution in [0.3, 0.4) is 0 Å². The van der Waals surface area contributed by atoms with Crippen molar-refractivity contribution in [1.29, 1.82) is 5.26 Å². The predicted octanol–water partition coefficient (Wildman–Crippen LogP) is 5.46. The van der Waals surface area contributed by atoms with Crippen molar-refractivity contribution in [3.63, 3.8) is 0 Å². The van der Waals surface area contributed by atoms with Crippen molar-refractivity contribution in [3.8, 4) is 6.07 Å². The zero-order chi connectivity index (χ0) is 19.4. The maximum absolute atomic E-state index is 13.3. The van der Waals surface area contributed by atoms with E-state index >= 15 is 0 Å². The molecule has 5 nitrogen and oxygen atoms in total. The molecule has 0 spiro atoms. The molecule has 0 atom stereocenters. The minimum atomic E-state index is -4.60. The lowest BCUT2D eigenvalue weighted by Gasteiger charge is -2.15. The van der Waals surface area contributed by atoms with Crippen LogP contribution in [0.4, 0.5) is 36.3 Å². The molecule has 0 saturated heterocycles. The average molecular weight is 481 g/mol. The SMILES string of the molecule is N#Cc1ccc(Nc2ncc(C(F)(F)F)c(Nc3cccc(I)c3)n2)cc1. The molecule has 1 aromatic heterocycles. The lowest BCUT2D eigenvalue weighted by Crippen LogP contribution is -2.12. The summed E-state index contributed by atoms with van der Waals surface area (Å²) in [5.74, 6) is -0.350. The Morgan fingerprint density at radius 2 is 1.74 bits per heavy atom. The predicted molar refractivity (Wildman–Crippen MR) is 104 cm³/mol. The largest absolute Gasteiger partial charge is 0.421 e. The zero-order valence-electron chi connectivity index (χ0n) is 13.5. The minimum Gasteiger partial charge on any atom is -0.340 e. The fourth-order valence-corrected chi connectivity index (χ4v) is 2.75. The van der Waals surface area contributed by atoms with Gasteiger partial charge in [0.05, 0.1) is 11.6 Å². The summed E-state index contributed by atoms with van der Waals surface area (Å²) in [5.41, 5.74) is 0.533. The number of hydrogen-bond acceptors (Lipinski definition) is 5. The van der Waals surface area contributed by atoms with Crippen LogP contribution >= 0.6 is 22.6 Å². The topological polar surface area (TPSA) is 73.6 Å². The smallest absolute Gasteiger partial charge is 0.340 e. The molecule has 27 heavy (non-hydrogen) atoms. The van der Waals surface area contributed by atoms with E-state index in [1.807, 2.05) is 12.1 Å². The van der Waals surface area contributed by atoms with Crippen molar-refractivity contribution < 1.29 is 13.2 Å². The molecule has 3 aromatic rings. The van der Waals surface area contributed by atoms with Crippen molar-refractivity contribution in [2.24, 2.45) is 0 Å². The summed E-state index contributed by atoms with van der Waals surface area (Å²) in [7, 11) is 0. The van der Waals surface area contributed by atoms with Crippen LogP contribution in [0.25, 0.3) is 0 Å². The quantitative estimate of drug-likeness (QED) is 0.485. The lowest BCUT2D eigenvalue weighted by molar-refractivity contribution is -0.137. The highest BCUT2D eigenvalue weighted by molar-refractivity contribution is 14.1. The van der Waals surface area contributed by atoms with E-state index in [4.69, 9.17) is 5.26 Å². The van der Waals surface area contributed by atoms with Gasteiger partial charge in [0.15, 0.2) is 0 Å². The van der Waals surface area contributed by atoms with E-state index in [9.17, 15) is 13.2 Å². The summed E-state index contributed by atoms with van der Waals surface area (Å²) >= 11 is 2.07. The second-order valence-electron chi connectivity index (χ2n) is 5.40. The summed E-state index contributed by atoms with van der Waals surface area (Å²) in [4.78, 5) is 7.74. The Hall–Kier alpha value is -2.87. The van der Waals surface area contributed by atoms with Gasteiger partial charge in [-0.25, -0.2) is 4.98 Å². The van der Waals surface area contributed by atoms with Crippen molar-refractivity contribution in [2.45, 2.75) is 6.18 Å². The van der Waals surface area contributed by atoms with Gasteiger partial charge in [-0.05, 0) is 65.1 Å². The Bertz CT molecular complexity index is 997. The molecule has 0 fully saturated rings. The molecule has 0 unspecified atom stereocenters. The zero-order valence-corrected chi connectivity index (χ0v) is 15.7. The number of halogens is 4. The van der Waals surface area contributed by atoms with Crippen molar-refractivity contribution in [2.75, 3.05) is 10.6 Å². The van der Waals surface area contributed by atoms with Crippen molar-refractivity contribution >= 4 is 45.7 Å². The first kappa shape index (κ1) is 18.9. The molecule has 0 radical (unpaired) electrons. The summed E-state index contributed by atoms with van der Waals surface area (Å²) < 4.78 is 40.8. The summed E-state index contributed by atoms with van der Waals surface area (Å²) in [6, 6.07) is 15.3. The third-order valence-corrected chi connectivity index (χ3v) is 4.12. The maximum atomic E-state index is 13.3. The standard InChI is InChI=1S/C18H11F3IN5/c19-18(20,21)15-10-24-17(26-13-6-4-11(9-23)5-7-13)27-16(15)25-14-3-1-2-12(22)8-14/h1-8,10H,(H2,24,25,26,27). The van der Waals surface area contributed by atoms with Crippen LogP contribution in [0.1, 0.15) is 11.1 Å². The molecule has 2 aromatic carbocycles. The number of nitrogens with one attached hydrogen (secondary N) is 2. The second-order valence-corrected chi connectivity index (χ2v) is 6.65. The number of rotatable bonds is 4. The Labute approximate surface area is 166 Å². The number of nitrogens with zero attached hydrogens (tertiary/aromatic N) is 3. The van der Waals surface area contributed by atoms with Gasteiger partial charge >= 0.3 is 6.18 Å². The molecule has 0 bridgehead atoms. The molecule has 2 N–H and O–H groups in total. The number of aromatic nitrogens is 2.